The number of aromatic nitrogens is 4. The minimum atomic E-state index is -0.209. The van der Waals surface area contributed by atoms with Gasteiger partial charge in [-0.15, -0.1) is 0 Å². The number of benzene rings is 1. The van der Waals surface area contributed by atoms with Crippen molar-refractivity contribution in [2.45, 2.75) is 18.9 Å². The minimum Gasteiger partial charge on any atom is -0.367 e. The van der Waals surface area contributed by atoms with Crippen molar-refractivity contribution in [1.29, 1.82) is 5.41 Å². The van der Waals surface area contributed by atoms with E-state index in [1.54, 1.807) is 19.5 Å². The van der Waals surface area contributed by atoms with Crippen molar-refractivity contribution >= 4 is 23.5 Å². The molecule has 0 saturated carbocycles. The summed E-state index contributed by atoms with van der Waals surface area (Å²) in [5.41, 5.74) is 5.42. The molecule has 0 bridgehead atoms. The van der Waals surface area contributed by atoms with Crippen molar-refractivity contribution in [3.63, 3.8) is 0 Å². The molecule has 3 aromatic heterocycles. The number of hydrogen-bond acceptors (Lipinski definition) is 5. The van der Waals surface area contributed by atoms with Crippen LogP contribution in [0, 0.1) is 5.41 Å². The van der Waals surface area contributed by atoms with Crippen LogP contribution >= 0.6 is 0 Å². The molecular weight excluding hydrogens is 376 g/mol. The second-order valence-electron chi connectivity index (χ2n) is 6.92. The highest BCUT2D eigenvalue weighted by molar-refractivity contribution is 5.95. The van der Waals surface area contributed by atoms with Crippen LogP contribution in [-0.4, -0.2) is 46.2 Å². The van der Waals surface area contributed by atoms with E-state index in [1.807, 2.05) is 43.5 Å². The van der Waals surface area contributed by atoms with Gasteiger partial charge in [-0.2, -0.15) is 5.10 Å². The van der Waals surface area contributed by atoms with E-state index in [0.717, 1.165) is 39.1 Å². The van der Waals surface area contributed by atoms with Gasteiger partial charge in [0.2, 0.25) is 0 Å². The summed E-state index contributed by atoms with van der Waals surface area (Å²) < 4.78 is 5.99. The van der Waals surface area contributed by atoms with Crippen molar-refractivity contribution < 1.29 is 4.74 Å². The monoisotopic (exact) mass is 400 g/mol. The zero-order valence-corrected chi connectivity index (χ0v) is 17.0. The van der Waals surface area contributed by atoms with Crippen LogP contribution in [0.15, 0.2) is 59.9 Å². The number of nitrogens with zero attached hydrogens (tertiary/aromatic N) is 3. The number of hydrogen-bond donors (Lipinski definition) is 3. The summed E-state index contributed by atoms with van der Waals surface area (Å²) in [5, 5.41) is 16.3. The Morgan fingerprint density at radius 3 is 2.77 bits per heavy atom. The lowest BCUT2D eigenvalue weighted by Crippen LogP contribution is -2.06. The summed E-state index contributed by atoms with van der Waals surface area (Å²) in [6.45, 7) is 2.58. The molecule has 152 valence electrons. The molecule has 0 fully saturated rings. The summed E-state index contributed by atoms with van der Waals surface area (Å²) >= 11 is 0. The summed E-state index contributed by atoms with van der Waals surface area (Å²) in [6, 6.07) is 14.2. The Balaban J connectivity index is 1.73. The lowest BCUT2D eigenvalue weighted by Gasteiger charge is -2.15. The molecule has 3 N–H and O–H groups in total. The molecule has 2 unspecified atom stereocenters. The smallest absolute Gasteiger partial charge is 0.137 e. The highest BCUT2D eigenvalue weighted by Gasteiger charge is 2.19. The molecule has 3 heterocycles. The van der Waals surface area contributed by atoms with Crippen molar-refractivity contribution in [1.82, 2.24) is 20.2 Å². The van der Waals surface area contributed by atoms with Gasteiger partial charge in [0.25, 0.3) is 0 Å². The van der Waals surface area contributed by atoms with Gasteiger partial charge < -0.3 is 15.1 Å². The molecule has 30 heavy (non-hydrogen) atoms. The maximum absolute atomic E-state index is 7.68. The van der Waals surface area contributed by atoms with Crippen LogP contribution < -0.4 is 0 Å². The zero-order chi connectivity index (χ0) is 20.9. The van der Waals surface area contributed by atoms with Crippen LogP contribution in [0.1, 0.15) is 35.8 Å². The Hall–Kier alpha value is -3.58. The predicted molar refractivity (Wildman–Crippen MR) is 120 cm³/mol. The fourth-order valence-corrected chi connectivity index (χ4v) is 3.57. The molecule has 0 aliphatic heterocycles. The number of H-pyrrole nitrogens is 2. The van der Waals surface area contributed by atoms with Gasteiger partial charge in [0.05, 0.1) is 17.3 Å². The topological polar surface area (TPSA) is 103 Å². The van der Waals surface area contributed by atoms with E-state index in [0.29, 0.717) is 6.61 Å². The van der Waals surface area contributed by atoms with Crippen molar-refractivity contribution in [3.8, 4) is 11.3 Å². The van der Waals surface area contributed by atoms with Crippen LogP contribution in [-0.2, 0) is 4.74 Å². The first-order chi connectivity index (χ1) is 14.7. The minimum absolute atomic E-state index is 0.204. The predicted octanol–water partition coefficient (Wildman–Crippen LogP) is 4.51. The van der Waals surface area contributed by atoms with Crippen molar-refractivity contribution in [3.05, 3.63) is 71.7 Å². The van der Waals surface area contributed by atoms with Gasteiger partial charge in [-0.3, -0.25) is 10.1 Å². The first-order valence-electron chi connectivity index (χ1n) is 9.87. The van der Waals surface area contributed by atoms with Crippen LogP contribution in [0.25, 0.3) is 22.3 Å². The molecule has 0 radical (unpaired) electrons. The van der Waals surface area contributed by atoms with Crippen LogP contribution in [0.3, 0.4) is 0 Å². The third kappa shape index (κ3) is 3.79. The third-order valence-corrected chi connectivity index (χ3v) is 5.02. The molecule has 2 atom stereocenters. The summed E-state index contributed by atoms with van der Waals surface area (Å²) in [7, 11) is 1.71. The van der Waals surface area contributed by atoms with E-state index in [2.05, 4.69) is 37.3 Å². The van der Waals surface area contributed by atoms with Crippen molar-refractivity contribution in [2.24, 2.45) is 4.99 Å². The number of rotatable bonds is 8. The fourth-order valence-electron chi connectivity index (χ4n) is 3.57. The fraction of sp³-hybridized carbons (Fsp3) is 0.217. The standard InChI is InChI=1S/C23H24N6O/c1-3-30-22(15-7-5-4-6-8-15)21-10-20(28-29-21)19-14-27-23-18(19)9-16(13-26-23)17(11-24)12-25-2/h4-14,17,22,24H,3H2,1-2H3,(H,26,27)(H,28,29). The average Bonchev–Trinajstić information content (AvgIpc) is 3.43. The second kappa shape index (κ2) is 8.84. The SMILES string of the molecule is CCOC(c1ccccc1)c1cc(-c2c[nH]c3ncc(C(C=N)C=NC)cc23)n[nH]1. The molecule has 7 nitrogen and oxygen atoms in total. The Kier molecular flexibility index (Phi) is 5.81. The molecule has 7 heteroatoms. The average molecular weight is 400 g/mol. The normalized spacial score (nSPS) is 13.7. The lowest BCUT2D eigenvalue weighted by molar-refractivity contribution is 0.0883. The van der Waals surface area contributed by atoms with Gasteiger partial charge in [-0.05, 0) is 30.2 Å². The first kappa shape index (κ1) is 19.7. The van der Waals surface area contributed by atoms with E-state index in [9.17, 15) is 0 Å². The first-order valence-corrected chi connectivity index (χ1v) is 9.87. The van der Waals surface area contributed by atoms with Crippen molar-refractivity contribution in [2.75, 3.05) is 13.7 Å². The zero-order valence-electron chi connectivity index (χ0n) is 17.0. The van der Waals surface area contributed by atoms with Gasteiger partial charge >= 0.3 is 0 Å². The van der Waals surface area contributed by atoms with E-state index < -0.39 is 0 Å². The molecule has 0 saturated heterocycles. The summed E-state index contributed by atoms with van der Waals surface area (Å²) in [5.74, 6) is -0.204. The Morgan fingerprint density at radius 2 is 2.03 bits per heavy atom. The quantitative estimate of drug-likeness (QED) is 0.379. The third-order valence-electron chi connectivity index (χ3n) is 5.02. The highest BCUT2D eigenvalue weighted by Crippen LogP contribution is 2.32. The molecule has 0 aliphatic carbocycles. The highest BCUT2D eigenvalue weighted by atomic mass is 16.5. The van der Waals surface area contributed by atoms with E-state index in [-0.39, 0.29) is 12.0 Å². The van der Waals surface area contributed by atoms with Gasteiger partial charge in [0, 0.05) is 49.4 Å². The number of nitrogens with one attached hydrogen (secondary N) is 3. The maximum Gasteiger partial charge on any atom is 0.137 e. The maximum atomic E-state index is 7.68. The molecule has 0 spiro atoms. The lowest BCUT2D eigenvalue weighted by atomic mass is 10.0. The number of ether oxygens (including phenoxy) is 1. The van der Waals surface area contributed by atoms with Crippen LogP contribution in [0.5, 0.6) is 0 Å². The Morgan fingerprint density at radius 1 is 1.20 bits per heavy atom. The number of aliphatic imine (C=N–C) groups is 1. The molecule has 0 amide bonds. The van der Waals surface area contributed by atoms with Crippen LogP contribution in [0.2, 0.25) is 0 Å². The number of fused-ring (bicyclic) bond motifs is 1. The van der Waals surface area contributed by atoms with Crippen LogP contribution in [0.4, 0.5) is 0 Å². The molecular formula is C23H24N6O. The molecule has 4 rings (SSSR count). The van der Waals surface area contributed by atoms with Gasteiger partial charge in [0.1, 0.15) is 11.8 Å². The largest absolute Gasteiger partial charge is 0.367 e. The molecule has 0 aliphatic rings. The summed E-state index contributed by atoms with van der Waals surface area (Å²) in [4.78, 5) is 11.8. The Bertz CT molecular complexity index is 1160. The van der Waals surface area contributed by atoms with Gasteiger partial charge in [-0.25, -0.2) is 4.98 Å². The Labute approximate surface area is 174 Å². The number of pyridine rings is 1. The van der Waals surface area contributed by atoms with E-state index >= 15 is 0 Å². The van der Waals surface area contributed by atoms with E-state index in [4.69, 9.17) is 10.1 Å². The van der Waals surface area contributed by atoms with Gasteiger partial charge in [-0.1, -0.05) is 30.3 Å². The number of aromatic amines is 2. The summed E-state index contributed by atoms with van der Waals surface area (Å²) in [6.07, 6.45) is 6.58. The molecule has 1 aromatic carbocycles. The molecule has 4 aromatic rings. The van der Waals surface area contributed by atoms with E-state index in [1.165, 1.54) is 6.21 Å². The van der Waals surface area contributed by atoms with Gasteiger partial charge in [0.15, 0.2) is 0 Å². The second-order valence-corrected chi connectivity index (χ2v) is 6.92.